The van der Waals surface area contributed by atoms with Crippen LogP contribution in [0.3, 0.4) is 0 Å². The lowest BCUT2D eigenvalue weighted by Gasteiger charge is -2.22. The van der Waals surface area contributed by atoms with Crippen LogP contribution in [0.2, 0.25) is 0 Å². The maximum absolute atomic E-state index is 12.3. The number of rotatable bonds is 5. The average molecular weight is 312 g/mol. The van der Waals surface area contributed by atoms with E-state index in [-0.39, 0.29) is 6.54 Å². The fourth-order valence-electron chi connectivity index (χ4n) is 2.11. The van der Waals surface area contributed by atoms with Crippen molar-refractivity contribution in [2.24, 2.45) is 0 Å². The van der Waals surface area contributed by atoms with Crippen molar-refractivity contribution in [2.75, 3.05) is 0 Å². The first kappa shape index (κ1) is 16.7. The Bertz CT molecular complexity index is 642. The Hall–Kier alpha value is -2.66. The minimum Gasteiger partial charge on any atom is -0.384 e. The number of urea groups is 1. The summed E-state index contributed by atoms with van der Waals surface area (Å²) in [6.07, 6.45) is -1.24. The monoisotopic (exact) mass is 312 g/mol. The lowest BCUT2D eigenvalue weighted by molar-refractivity contribution is -0.136. The highest BCUT2D eigenvalue weighted by molar-refractivity contribution is 5.96. The second-order valence-corrected chi connectivity index (χ2v) is 5.23. The molecule has 2 aromatic carbocycles. The third-order valence-electron chi connectivity index (χ3n) is 3.34. The fourth-order valence-corrected chi connectivity index (χ4v) is 2.11. The molecule has 0 aliphatic rings. The van der Waals surface area contributed by atoms with Gasteiger partial charge in [-0.15, -0.1) is 0 Å². The van der Waals surface area contributed by atoms with Crippen LogP contribution in [0.5, 0.6) is 0 Å². The first-order valence-electron chi connectivity index (χ1n) is 7.43. The molecule has 0 fully saturated rings. The molecule has 23 heavy (non-hydrogen) atoms. The van der Waals surface area contributed by atoms with Crippen LogP contribution in [0.1, 0.15) is 18.1 Å². The van der Waals surface area contributed by atoms with Crippen molar-refractivity contribution in [3.05, 3.63) is 71.8 Å². The Labute approximate surface area is 135 Å². The fraction of sp³-hybridized carbons (Fsp3) is 0.222. The average Bonchev–Trinajstić information content (AvgIpc) is 2.58. The Morgan fingerprint density at radius 2 is 1.52 bits per heavy atom. The third kappa shape index (κ3) is 4.93. The largest absolute Gasteiger partial charge is 0.384 e. The zero-order valence-corrected chi connectivity index (χ0v) is 13.0. The van der Waals surface area contributed by atoms with E-state index in [9.17, 15) is 14.7 Å². The number of nitrogens with one attached hydrogen (secondary N) is 1. The molecule has 2 rings (SSSR count). The van der Waals surface area contributed by atoms with E-state index in [2.05, 4.69) is 5.32 Å². The summed E-state index contributed by atoms with van der Waals surface area (Å²) >= 11 is 0. The van der Waals surface area contributed by atoms with Gasteiger partial charge in [-0.2, -0.15) is 0 Å². The zero-order valence-electron chi connectivity index (χ0n) is 13.0. The van der Waals surface area contributed by atoms with Crippen LogP contribution in [0.25, 0.3) is 0 Å². The van der Waals surface area contributed by atoms with Gasteiger partial charge in [0.05, 0.1) is 6.54 Å². The van der Waals surface area contributed by atoms with Gasteiger partial charge < -0.3 is 10.4 Å². The number of carbonyl (C=O) groups excluding carboxylic acids is 2. The maximum atomic E-state index is 12.3. The standard InChI is InChI=1S/C18H20N2O3/c1-14(21)17(22)20(13-16-10-6-3-7-11-16)18(23)19-12-15-8-4-2-5-9-15/h2-11,14,21H,12-13H2,1H3,(H,19,23). The van der Waals surface area contributed by atoms with Crippen molar-refractivity contribution in [3.8, 4) is 0 Å². The van der Waals surface area contributed by atoms with Crippen LogP contribution >= 0.6 is 0 Å². The number of aliphatic hydroxyl groups excluding tert-OH is 1. The van der Waals surface area contributed by atoms with Crippen LogP contribution in [0.4, 0.5) is 4.79 Å². The SMILES string of the molecule is CC(O)C(=O)N(Cc1ccccc1)C(=O)NCc1ccccc1. The molecule has 120 valence electrons. The van der Waals surface area contributed by atoms with Crippen molar-refractivity contribution in [3.63, 3.8) is 0 Å². The second kappa shape index (κ2) is 8.10. The molecule has 0 radical (unpaired) electrons. The molecule has 1 unspecified atom stereocenters. The molecule has 0 saturated carbocycles. The minimum atomic E-state index is -1.24. The van der Waals surface area contributed by atoms with Crippen LogP contribution in [0, 0.1) is 0 Å². The number of hydrogen-bond donors (Lipinski definition) is 2. The summed E-state index contributed by atoms with van der Waals surface area (Å²) in [5.41, 5.74) is 1.75. The molecular formula is C18H20N2O3. The quantitative estimate of drug-likeness (QED) is 0.890. The smallest absolute Gasteiger partial charge is 0.324 e. The predicted molar refractivity (Wildman–Crippen MR) is 87.4 cm³/mol. The molecule has 0 aliphatic carbocycles. The van der Waals surface area contributed by atoms with E-state index in [0.29, 0.717) is 6.54 Å². The van der Waals surface area contributed by atoms with E-state index in [1.807, 2.05) is 60.7 Å². The summed E-state index contributed by atoms with van der Waals surface area (Å²) < 4.78 is 0. The molecule has 1 atom stereocenters. The highest BCUT2D eigenvalue weighted by Crippen LogP contribution is 2.07. The van der Waals surface area contributed by atoms with E-state index in [1.54, 1.807) is 0 Å². The van der Waals surface area contributed by atoms with Gasteiger partial charge in [-0.25, -0.2) is 4.79 Å². The van der Waals surface area contributed by atoms with Gasteiger partial charge in [0, 0.05) is 6.54 Å². The Balaban J connectivity index is 2.06. The van der Waals surface area contributed by atoms with Crippen molar-refractivity contribution in [1.29, 1.82) is 0 Å². The van der Waals surface area contributed by atoms with E-state index >= 15 is 0 Å². The molecule has 5 heteroatoms. The van der Waals surface area contributed by atoms with Gasteiger partial charge in [-0.1, -0.05) is 60.7 Å². The maximum Gasteiger partial charge on any atom is 0.324 e. The number of benzene rings is 2. The van der Waals surface area contributed by atoms with Crippen LogP contribution in [-0.4, -0.2) is 28.0 Å². The number of amides is 3. The summed E-state index contributed by atoms with van der Waals surface area (Å²) in [7, 11) is 0. The first-order valence-corrected chi connectivity index (χ1v) is 7.43. The molecule has 2 aromatic rings. The lowest BCUT2D eigenvalue weighted by atomic mass is 10.2. The summed E-state index contributed by atoms with van der Waals surface area (Å²) in [6, 6.07) is 18.1. The number of imide groups is 1. The first-order chi connectivity index (χ1) is 11.1. The number of carbonyl (C=O) groups is 2. The normalized spacial score (nSPS) is 11.6. The van der Waals surface area contributed by atoms with Gasteiger partial charge in [-0.3, -0.25) is 9.69 Å². The van der Waals surface area contributed by atoms with Crippen LogP contribution in [-0.2, 0) is 17.9 Å². The molecular weight excluding hydrogens is 292 g/mol. The number of hydrogen-bond acceptors (Lipinski definition) is 3. The van der Waals surface area contributed by atoms with Gasteiger partial charge in [-0.05, 0) is 18.1 Å². The molecule has 2 N–H and O–H groups in total. The van der Waals surface area contributed by atoms with E-state index in [1.165, 1.54) is 6.92 Å². The molecule has 0 aliphatic heterocycles. The minimum absolute atomic E-state index is 0.116. The van der Waals surface area contributed by atoms with E-state index in [4.69, 9.17) is 0 Å². The summed E-state index contributed by atoms with van der Waals surface area (Å²) in [5, 5.41) is 12.2. The van der Waals surface area contributed by atoms with Gasteiger partial charge in [0.2, 0.25) is 0 Å². The Morgan fingerprint density at radius 1 is 1.00 bits per heavy atom. The van der Waals surface area contributed by atoms with Gasteiger partial charge in [0.1, 0.15) is 6.10 Å². The Kier molecular flexibility index (Phi) is 5.88. The summed E-state index contributed by atoms with van der Waals surface area (Å²) in [4.78, 5) is 25.5. The molecule has 0 heterocycles. The van der Waals surface area contributed by atoms with Gasteiger partial charge in [0.15, 0.2) is 0 Å². The van der Waals surface area contributed by atoms with Crippen molar-refractivity contribution in [2.45, 2.75) is 26.1 Å². The number of aliphatic hydroxyl groups is 1. The zero-order chi connectivity index (χ0) is 16.7. The van der Waals surface area contributed by atoms with E-state index in [0.717, 1.165) is 16.0 Å². The van der Waals surface area contributed by atoms with Crippen LogP contribution in [0.15, 0.2) is 60.7 Å². The molecule has 0 bridgehead atoms. The predicted octanol–water partition coefficient (Wildman–Crippen LogP) is 2.31. The lowest BCUT2D eigenvalue weighted by Crippen LogP contribution is -2.46. The van der Waals surface area contributed by atoms with Crippen molar-refractivity contribution < 1.29 is 14.7 Å². The molecule has 0 aromatic heterocycles. The van der Waals surface area contributed by atoms with E-state index < -0.39 is 18.0 Å². The van der Waals surface area contributed by atoms with Gasteiger partial charge >= 0.3 is 6.03 Å². The summed E-state index contributed by atoms with van der Waals surface area (Å²) in [6.45, 7) is 1.79. The highest BCUT2D eigenvalue weighted by Gasteiger charge is 2.24. The second-order valence-electron chi connectivity index (χ2n) is 5.23. The van der Waals surface area contributed by atoms with Crippen molar-refractivity contribution in [1.82, 2.24) is 10.2 Å². The molecule has 0 saturated heterocycles. The van der Waals surface area contributed by atoms with Gasteiger partial charge in [0.25, 0.3) is 5.91 Å². The summed E-state index contributed by atoms with van der Waals surface area (Å²) in [5.74, 6) is -0.626. The molecule has 0 spiro atoms. The third-order valence-corrected chi connectivity index (χ3v) is 3.34. The number of nitrogens with zero attached hydrogens (tertiary/aromatic N) is 1. The molecule has 3 amide bonds. The Morgan fingerprint density at radius 3 is 2.04 bits per heavy atom. The van der Waals surface area contributed by atoms with Crippen molar-refractivity contribution >= 4 is 11.9 Å². The topological polar surface area (TPSA) is 69.6 Å². The van der Waals surface area contributed by atoms with Crippen LogP contribution < -0.4 is 5.32 Å². The molecule has 5 nitrogen and oxygen atoms in total. The highest BCUT2D eigenvalue weighted by atomic mass is 16.3.